The highest BCUT2D eigenvalue weighted by Gasteiger charge is 2.34. The third-order valence-electron chi connectivity index (χ3n) is 4.06. The van der Waals surface area contributed by atoms with Gasteiger partial charge in [0, 0.05) is 23.8 Å². The lowest BCUT2D eigenvalue weighted by Gasteiger charge is -2.32. The number of hydrogen-bond donors (Lipinski definition) is 3. The molecule has 2 amide bonds. The standard InChI is InChI=1S/C17H25N3O2.ClH/c1-12(2)15(21)19-13-6-4-7-14(10-13)20-16(22)17(3)8-5-9-18-11-17;/h4,6-7,10,12,18H,5,8-9,11H2,1-3H3,(H,19,21)(H,20,22);1H. The summed E-state index contributed by atoms with van der Waals surface area (Å²) in [6.45, 7) is 7.34. The first-order valence-corrected chi connectivity index (χ1v) is 7.84. The van der Waals surface area contributed by atoms with Crippen molar-refractivity contribution in [2.45, 2.75) is 33.6 Å². The zero-order valence-electron chi connectivity index (χ0n) is 13.9. The van der Waals surface area contributed by atoms with E-state index in [1.807, 2.05) is 39.0 Å². The molecule has 0 radical (unpaired) electrons. The summed E-state index contributed by atoms with van der Waals surface area (Å²) >= 11 is 0. The normalized spacial score (nSPS) is 20.5. The molecule has 23 heavy (non-hydrogen) atoms. The molecule has 0 saturated carbocycles. The maximum Gasteiger partial charge on any atom is 0.231 e. The van der Waals surface area contributed by atoms with E-state index < -0.39 is 0 Å². The van der Waals surface area contributed by atoms with E-state index in [1.54, 1.807) is 6.07 Å². The summed E-state index contributed by atoms with van der Waals surface area (Å²) in [6.07, 6.45) is 1.89. The van der Waals surface area contributed by atoms with Gasteiger partial charge in [-0.2, -0.15) is 0 Å². The fraction of sp³-hybridized carbons (Fsp3) is 0.529. The molecule has 3 N–H and O–H groups in total. The van der Waals surface area contributed by atoms with E-state index in [-0.39, 0.29) is 35.6 Å². The average Bonchev–Trinajstić information content (AvgIpc) is 2.48. The molecule has 128 valence electrons. The Hall–Kier alpha value is -1.59. The van der Waals surface area contributed by atoms with Crippen LogP contribution in [0.4, 0.5) is 11.4 Å². The van der Waals surface area contributed by atoms with E-state index in [4.69, 9.17) is 0 Å². The highest BCUT2D eigenvalue weighted by atomic mass is 35.5. The molecule has 1 heterocycles. The highest BCUT2D eigenvalue weighted by molar-refractivity contribution is 5.97. The van der Waals surface area contributed by atoms with Crippen LogP contribution in [0.2, 0.25) is 0 Å². The quantitative estimate of drug-likeness (QED) is 0.789. The number of halogens is 1. The number of amides is 2. The van der Waals surface area contributed by atoms with E-state index in [1.165, 1.54) is 0 Å². The third kappa shape index (κ3) is 5.22. The van der Waals surface area contributed by atoms with Gasteiger partial charge in [0.05, 0.1) is 5.41 Å². The first-order valence-electron chi connectivity index (χ1n) is 7.84. The topological polar surface area (TPSA) is 70.2 Å². The number of nitrogens with one attached hydrogen (secondary N) is 3. The van der Waals surface area contributed by atoms with E-state index in [0.717, 1.165) is 19.4 Å². The van der Waals surface area contributed by atoms with Gasteiger partial charge in [0.25, 0.3) is 0 Å². The molecule has 1 aliphatic rings. The van der Waals surface area contributed by atoms with Crippen LogP contribution in [0.25, 0.3) is 0 Å². The molecule has 0 bridgehead atoms. The van der Waals surface area contributed by atoms with Gasteiger partial charge < -0.3 is 16.0 Å². The van der Waals surface area contributed by atoms with E-state index in [0.29, 0.717) is 17.9 Å². The first kappa shape index (κ1) is 19.5. The van der Waals surface area contributed by atoms with Crippen molar-refractivity contribution in [3.63, 3.8) is 0 Å². The monoisotopic (exact) mass is 339 g/mol. The molecule has 0 spiro atoms. The maximum atomic E-state index is 12.5. The lowest BCUT2D eigenvalue weighted by atomic mass is 9.82. The summed E-state index contributed by atoms with van der Waals surface area (Å²) in [5.74, 6) is -0.0931. The number of carbonyl (C=O) groups excluding carboxylic acids is 2. The van der Waals surface area contributed by atoms with Crippen molar-refractivity contribution in [2.24, 2.45) is 11.3 Å². The summed E-state index contributed by atoms with van der Waals surface area (Å²) in [6, 6.07) is 7.27. The van der Waals surface area contributed by atoms with Gasteiger partial charge in [-0.3, -0.25) is 9.59 Å². The SMILES string of the molecule is CC(C)C(=O)Nc1cccc(NC(=O)C2(C)CCCNC2)c1.Cl. The molecule has 1 aromatic rings. The van der Waals surface area contributed by atoms with Crippen LogP contribution in [0.5, 0.6) is 0 Å². The Bertz CT molecular complexity index is 555. The van der Waals surface area contributed by atoms with Crippen LogP contribution in [0.1, 0.15) is 33.6 Å². The molecule has 1 saturated heterocycles. The van der Waals surface area contributed by atoms with Crippen molar-refractivity contribution < 1.29 is 9.59 Å². The van der Waals surface area contributed by atoms with Crippen LogP contribution in [0, 0.1) is 11.3 Å². The van der Waals surface area contributed by atoms with Gasteiger partial charge in [-0.05, 0) is 44.5 Å². The van der Waals surface area contributed by atoms with Gasteiger partial charge in [-0.15, -0.1) is 12.4 Å². The van der Waals surface area contributed by atoms with Crippen LogP contribution in [-0.4, -0.2) is 24.9 Å². The Morgan fingerprint density at radius 3 is 2.43 bits per heavy atom. The highest BCUT2D eigenvalue weighted by Crippen LogP contribution is 2.27. The van der Waals surface area contributed by atoms with Crippen molar-refractivity contribution in [2.75, 3.05) is 23.7 Å². The number of anilines is 2. The fourth-order valence-corrected chi connectivity index (χ4v) is 2.49. The predicted molar refractivity (Wildman–Crippen MR) is 96.0 cm³/mol. The molecule has 1 aromatic carbocycles. The molecule has 1 aliphatic heterocycles. The maximum absolute atomic E-state index is 12.5. The Balaban J connectivity index is 0.00000264. The number of benzene rings is 1. The van der Waals surface area contributed by atoms with E-state index in [9.17, 15) is 9.59 Å². The molecule has 5 nitrogen and oxygen atoms in total. The molecule has 6 heteroatoms. The van der Waals surface area contributed by atoms with E-state index in [2.05, 4.69) is 16.0 Å². The minimum absolute atomic E-state index is 0. The lowest BCUT2D eigenvalue weighted by Crippen LogP contribution is -2.46. The summed E-state index contributed by atoms with van der Waals surface area (Å²) in [7, 11) is 0. The third-order valence-corrected chi connectivity index (χ3v) is 4.06. The number of piperidine rings is 1. The molecule has 0 aliphatic carbocycles. The van der Waals surface area contributed by atoms with Crippen LogP contribution in [-0.2, 0) is 9.59 Å². The smallest absolute Gasteiger partial charge is 0.231 e. The number of carbonyl (C=O) groups is 2. The van der Waals surface area contributed by atoms with Crippen molar-refractivity contribution in [3.8, 4) is 0 Å². The van der Waals surface area contributed by atoms with Crippen molar-refractivity contribution >= 4 is 35.6 Å². The molecule has 1 unspecified atom stereocenters. The fourth-order valence-electron chi connectivity index (χ4n) is 2.49. The van der Waals surface area contributed by atoms with Crippen LogP contribution >= 0.6 is 12.4 Å². The van der Waals surface area contributed by atoms with Gasteiger partial charge in [-0.1, -0.05) is 19.9 Å². The van der Waals surface area contributed by atoms with Gasteiger partial charge >= 0.3 is 0 Å². The molecule has 0 aromatic heterocycles. The number of rotatable bonds is 4. The van der Waals surface area contributed by atoms with Crippen LogP contribution in [0.3, 0.4) is 0 Å². The molecular formula is C17H26ClN3O2. The Kier molecular flexibility index (Phi) is 7.03. The van der Waals surface area contributed by atoms with Gasteiger partial charge in [0.15, 0.2) is 0 Å². The Labute approximate surface area is 144 Å². The Morgan fingerprint density at radius 1 is 1.22 bits per heavy atom. The first-order chi connectivity index (χ1) is 10.4. The summed E-state index contributed by atoms with van der Waals surface area (Å²) in [5.41, 5.74) is 1.02. The van der Waals surface area contributed by atoms with Crippen LogP contribution < -0.4 is 16.0 Å². The second-order valence-electron chi connectivity index (χ2n) is 6.52. The largest absolute Gasteiger partial charge is 0.326 e. The molecule has 2 rings (SSSR count). The van der Waals surface area contributed by atoms with Crippen molar-refractivity contribution in [3.05, 3.63) is 24.3 Å². The zero-order valence-corrected chi connectivity index (χ0v) is 14.8. The average molecular weight is 340 g/mol. The molecule has 1 atom stereocenters. The predicted octanol–water partition coefficient (Wildman–Crippen LogP) is 3.03. The minimum atomic E-state index is -0.380. The minimum Gasteiger partial charge on any atom is -0.326 e. The van der Waals surface area contributed by atoms with Crippen LogP contribution in [0.15, 0.2) is 24.3 Å². The van der Waals surface area contributed by atoms with Crippen molar-refractivity contribution in [1.29, 1.82) is 0 Å². The van der Waals surface area contributed by atoms with E-state index >= 15 is 0 Å². The van der Waals surface area contributed by atoms with Gasteiger partial charge in [-0.25, -0.2) is 0 Å². The second-order valence-corrected chi connectivity index (χ2v) is 6.52. The lowest BCUT2D eigenvalue weighted by molar-refractivity contribution is -0.125. The Morgan fingerprint density at radius 2 is 1.87 bits per heavy atom. The van der Waals surface area contributed by atoms with Crippen molar-refractivity contribution in [1.82, 2.24) is 5.32 Å². The second kappa shape index (κ2) is 8.31. The number of hydrogen-bond acceptors (Lipinski definition) is 3. The summed E-state index contributed by atoms with van der Waals surface area (Å²) in [4.78, 5) is 24.2. The molecule has 1 fully saturated rings. The van der Waals surface area contributed by atoms with Gasteiger partial charge in [0.2, 0.25) is 11.8 Å². The summed E-state index contributed by atoms with van der Waals surface area (Å²) in [5, 5.41) is 9.08. The zero-order chi connectivity index (χ0) is 16.2. The molecular weight excluding hydrogens is 314 g/mol. The van der Waals surface area contributed by atoms with Gasteiger partial charge in [0.1, 0.15) is 0 Å². The summed E-state index contributed by atoms with van der Waals surface area (Å²) < 4.78 is 0.